The summed E-state index contributed by atoms with van der Waals surface area (Å²) in [5.74, 6) is -0.514. The summed E-state index contributed by atoms with van der Waals surface area (Å²) in [6.07, 6.45) is 0. The van der Waals surface area contributed by atoms with Crippen LogP contribution in [0.4, 0.5) is 5.95 Å². The Kier molecular flexibility index (Phi) is 1.45. The van der Waals surface area contributed by atoms with Crippen LogP contribution in [-0.2, 0) is 6.54 Å². The average molecular weight is 195 g/mol. The summed E-state index contributed by atoms with van der Waals surface area (Å²) in [4.78, 5) is 13.1. The highest BCUT2D eigenvalue weighted by molar-refractivity contribution is 5.17. The molecule has 1 aliphatic heterocycles. The van der Waals surface area contributed by atoms with E-state index in [0.717, 1.165) is 0 Å². The lowest BCUT2D eigenvalue weighted by Gasteiger charge is -2.09. The van der Waals surface area contributed by atoms with Gasteiger partial charge in [0.25, 0.3) is 0 Å². The minimum absolute atomic E-state index is 0.0146. The normalized spacial score (nSPS) is 23.7. The second kappa shape index (κ2) is 2.41. The van der Waals surface area contributed by atoms with Crippen LogP contribution in [0.2, 0.25) is 0 Å². The van der Waals surface area contributed by atoms with Gasteiger partial charge in [-0.25, -0.2) is 0 Å². The van der Waals surface area contributed by atoms with E-state index in [2.05, 4.69) is 10.1 Å². The van der Waals surface area contributed by atoms with Gasteiger partial charge in [0.15, 0.2) is 0 Å². The number of hydrogen-bond acceptors (Lipinski definition) is 6. The minimum Gasteiger partial charge on any atom is -0.427 e. The van der Waals surface area contributed by atoms with Crippen LogP contribution in [0.5, 0.6) is 6.01 Å². The molecule has 1 aromatic rings. The highest BCUT2D eigenvalue weighted by Gasteiger charge is 2.42. The lowest BCUT2D eigenvalue weighted by molar-refractivity contribution is -0.394. The number of aromatic nitrogens is 3. The lowest BCUT2D eigenvalue weighted by Crippen LogP contribution is -2.29. The molecular weight excluding hydrogens is 190 g/mol. The first-order valence-electron chi connectivity index (χ1n) is 3.73. The molecule has 1 aliphatic rings. The van der Waals surface area contributed by atoms with Crippen molar-refractivity contribution in [2.24, 2.45) is 0 Å². The molecule has 2 rings (SSSR count). The first kappa shape index (κ1) is 8.43. The summed E-state index contributed by atoms with van der Waals surface area (Å²) in [6, 6.07) is 1.94. The monoisotopic (exact) mass is 195 g/mol. The van der Waals surface area contributed by atoms with Crippen molar-refractivity contribution < 1.29 is 9.66 Å². The lowest BCUT2D eigenvalue weighted by atomic mass is 10.1. The van der Waals surface area contributed by atoms with E-state index < -0.39 is 16.5 Å². The van der Waals surface area contributed by atoms with Gasteiger partial charge in [-0.1, -0.05) is 0 Å². The number of rotatable bonds is 1. The van der Waals surface area contributed by atoms with Gasteiger partial charge in [-0.15, -0.1) is 4.68 Å². The third-order valence-electron chi connectivity index (χ3n) is 1.79. The molecule has 8 heteroatoms. The molecule has 0 radical (unpaired) electrons. The predicted octanol–water partition coefficient (Wildman–Crippen LogP) is -0.139. The van der Waals surface area contributed by atoms with E-state index in [-0.39, 0.29) is 12.6 Å². The number of nitrogens with zero attached hydrogens (tertiary/aromatic N) is 5. The van der Waals surface area contributed by atoms with Gasteiger partial charge >= 0.3 is 12.0 Å². The standard InChI is InChI=1S/C6H5N5O3/c1-6(2-7)3-10-5(14-6)8-4(9-10)11(12)13/h3H2,1H3. The molecule has 1 atom stereocenters. The molecule has 8 nitrogen and oxygen atoms in total. The third-order valence-corrected chi connectivity index (χ3v) is 1.79. The molecule has 0 aliphatic carbocycles. The average Bonchev–Trinajstić information content (AvgIpc) is 2.59. The molecule has 0 bridgehead atoms. The SMILES string of the molecule is CC1(C#N)Cn2nc([N+](=O)[O-])nc2O1. The van der Waals surface area contributed by atoms with Crippen molar-refractivity contribution in [1.29, 1.82) is 5.26 Å². The Labute approximate surface area is 77.9 Å². The Morgan fingerprint density at radius 1 is 1.86 bits per heavy atom. The van der Waals surface area contributed by atoms with Crippen molar-refractivity contribution in [3.8, 4) is 12.1 Å². The predicted molar refractivity (Wildman–Crippen MR) is 41.3 cm³/mol. The van der Waals surface area contributed by atoms with E-state index in [4.69, 9.17) is 10.00 Å². The van der Waals surface area contributed by atoms with Crippen LogP contribution >= 0.6 is 0 Å². The van der Waals surface area contributed by atoms with E-state index in [1.807, 2.05) is 6.07 Å². The maximum absolute atomic E-state index is 10.3. The number of nitriles is 1. The van der Waals surface area contributed by atoms with Gasteiger partial charge in [0.1, 0.15) is 12.6 Å². The smallest absolute Gasteiger partial charge is 0.427 e. The summed E-state index contributed by atoms with van der Waals surface area (Å²) < 4.78 is 6.31. The molecule has 14 heavy (non-hydrogen) atoms. The highest BCUT2D eigenvalue weighted by Crippen LogP contribution is 2.27. The van der Waals surface area contributed by atoms with E-state index in [0.29, 0.717) is 0 Å². The highest BCUT2D eigenvalue weighted by atomic mass is 16.6. The molecule has 0 amide bonds. The maximum atomic E-state index is 10.3. The Balaban J connectivity index is 2.34. The minimum atomic E-state index is -1.02. The molecule has 2 heterocycles. The van der Waals surface area contributed by atoms with Gasteiger partial charge in [0.2, 0.25) is 5.60 Å². The van der Waals surface area contributed by atoms with Gasteiger partial charge in [-0.05, 0) is 16.8 Å². The van der Waals surface area contributed by atoms with Crippen LogP contribution in [0.3, 0.4) is 0 Å². The van der Waals surface area contributed by atoms with Crippen LogP contribution in [0.1, 0.15) is 6.92 Å². The number of ether oxygens (including phenoxy) is 1. The van der Waals surface area contributed by atoms with Crippen LogP contribution in [0, 0.1) is 21.4 Å². The van der Waals surface area contributed by atoms with Crippen molar-refractivity contribution in [2.75, 3.05) is 0 Å². The summed E-state index contributed by atoms with van der Waals surface area (Å²) in [5, 5.41) is 22.6. The van der Waals surface area contributed by atoms with Gasteiger partial charge in [0.05, 0.1) is 0 Å². The van der Waals surface area contributed by atoms with Crippen LogP contribution in [-0.4, -0.2) is 25.3 Å². The molecule has 72 valence electrons. The number of hydrogen-bond donors (Lipinski definition) is 0. The molecule has 1 aromatic heterocycles. The molecule has 0 spiro atoms. The molecule has 1 unspecified atom stereocenters. The van der Waals surface area contributed by atoms with Crippen molar-refractivity contribution in [3.63, 3.8) is 0 Å². The maximum Gasteiger partial charge on any atom is 0.494 e. The fourth-order valence-electron chi connectivity index (χ4n) is 1.15. The number of fused-ring (bicyclic) bond motifs is 1. The number of nitro groups is 1. The fraction of sp³-hybridized carbons (Fsp3) is 0.500. The summed E-state index contributed by atoms with van der Waals surface area (Å²) in [5.41, 5.74) is -1.02. The second-order valence-electron chi connectivity index (χ2n) is 3.05. The Bertz CT molecular complexity index is 421. The molecular formula is C6H5N5O3. The van der Waals surface area contributed by atoms with Crippen molar-refractivity contribution in [3.05, 3.63) is 10.1 Å². The van der Waals surface area contributed by atoms with Crippen molar-refractivity contribution in [2.45, 2.75) is 19.1 Å². The van der Waals surface area contributed by atoms with E-state index in [1.54, 1.807) is 6.92 Å². The van der Waals surface area contributed by atoms with Crippen LogP contribution in [0.15, 0.2) is 0 Å². The van der Waals surface area contributed by atoms with Crippen LogP contribution < -0.4 is 4.74 Å². The van der Waals surface area contributed by atoms with Gasteiger partial charge < -0.3 is 14.9 Å². The Morgan fingerprint density at radius 2 is 2.57 bits per heavy atom. The van der Waals surface area contributed by atoms with Gasteiger partial charge in [-0.2, -0.15) is 5.26 Å². The zero-order chi connectivity index (χ0) is 10.3. The van der Waals surface area contributed by atoms with E-state index >= 15 is 0 Å². The third kappa shape index (κ3) is 1.06. The zero-order valence-electron chi connectivity index (χ0n) is 7.17. The summed E-state index contributed by atoms with van der Waals surface area (Å²) in [7, 11) is 0. The van der Waals surface area contributed by atoms with E-state index in [1.165, 1.54) is 4.68 Å². The zero-order valence-corrected chi connectivity index (χ0v) is 7.17. The molecule has 0 N–H and O–H groups in total. The van der Waals surface area contributed by atoms with Gasteiger partial charge in [0, 0.05) is 5.10 Å². The molecule has 0 fully saturated rings. The first-order valence-corrected chi connectivity index (χ1v) is 3.73. The first-order chi connectivity index (χ1) is 6.54. The molecule has 0 aromatic carbocycles. The molecule has 0 saturated carbocycles. The second-order valence-corrected chi connectivity index (χ2v) is 3.05. The Morgan fingerprint density at radius 3 is 3.07 bits per heavy atom. The van der Waals surface area contributed by atoms with Crippen molar-refractivity contribution in [1.82, 2.24) is 14.8 Å². The quantitative estimate of drug-likeness (QED) is 0.456. The van der Waals surface area contributed by atoms with E-state index in [9.17, 15) is 10.1 Å². The largest absolute Gasteiger partial charge is 0.494 e. The van der Waals surface area contributed by atoms with Gasteiger partial charge in [-0.3, -0.25) is 0 Å². The van der Waals surface area contributed by atoms with Crippen molar-refractivity contribution >= 4 is 5.95 Å². The summed E-state index contributed by atoms with van der Waals surface area (Å²) in [6.45, 7) is 1.72. The van der Waals surface area contributed by atoms with Crippen LogP contribution in [0.25, 0.3) is 0 Å². The molecule has 0 saturated heterocycles. The topological polar surface area (TPSA) is 107 Å². The Hall–Kier alpha value is -2.17. The summed E-state index contributed by atoms with van der Waals surface area (Å²) >= 11 is 0. The fourth-order valence-corrected chi connectivity index (χ4v) is 1.15.